The lowest BCUT2D eigenvalue weighted by molar-refractivity contribution is -0.126. The molecule has 0 radical (unpaired) electrons. The highest BCUT2D eigenvalue weighted by Gasteiger charge is 2.26. The second-order valence-electron chi connectivity index (χ2n) is 4.35. The predicted molar refractivity (Wildman–Crippen MR) is 63.9 cm³/mol. The zero-order valence-corrected chi connectivity index (χ0v) is 10.2. The normalized spacial score (nSPS) is 13.2. The third kappa shape index (κ3) is 3.03. The molecule has 1 heterocycles. The average Bonchev–Trinajstić information content (AvgIpc) is 2.30. The van der Waals surface area contributed by atoms with Crippen LogP contribution in [-0.4, -0.2) is 23.5 Å². The highest BCUT2D eigenvalue weighted by Crippen LogP contribution is 2.12. The summed E-state index contributed by atoms with van der Waals surface area (Å²) in [4.78, 5) is 15.8. The number of nitrogens with zero attached hydrogens (tertiary/aromatic N) is 1. The van der Waals surface area contributed by atoms with E-state index in [-0.39, 0.29) is 11.9 Å². The summed E-state index contributed by atoms with van der Waals surface area (Å²) in [7, 11) is 1.77. The van der Waals surface area contributed by atoms with E-state index in [9.17, 15) is 4.79 Å². The zero-order valence-electron chi connectivity index (χ0n) is 10.2. The Kier molecular flexibility index (Phi) is 4.01. The largest absolute Gasteiger partial charge is 0.348 e. The van der Waals surface area contributed by atoms with Crippen LogP contribution >= 0.6 is 0 Å². The number of hydrogen-bond acceptors (Lipinski definition) is 3. The number of aromatic nitrogens is 1. The lowest BCUT2D eigenvalue weighted by Crippen LogP contribution is -2.51. The smallest absolute Gasteiger partial charge is 0.240 e. The number of likely N-dealkylation sites (N-methyl/N-ethyl adjacent to an activating group) is 1. The molecule has 0 fully saturated rings. The molecule has 1 aromatic heterocycles. The summed E-state index contributed by atoms with van der Waals surface area (Å²) < 4.78 is 0. The Morgan fingerprint density at radius 1 is 1.38 bits per heavy atom. The van der Waals surface area contributed by atoms with Gasteiger partial charge in [-0.05, 0) is 45.5 Å². The third-order valence-electron chi connectivity index (χ3n) is 2.75. The number of carbonyl (C=O) groups excluding carboxylic acids is 1. The van der Waals surface area contributed by atoms with Crippen LogP contribution in [-0.2, 0) is 4.79 Å². The van der Waals surface area contributed by atoms with E-state index in [1.54, 1.807) is 19.4 Å². The quantitative estimate of drug-likeness (QED) is 0.804. The molecule has 0 bridgehead atoms. The molecule has 88 valence electrons. The Labute approximate surface area is 96.5 Å². The minimum atomic E-state index is -0.554. The van der Waals surface area contributed by atoms with Crippen molar-refractivity contribution in [3.05, 3.63) is 30.1 Å². The molecule has 0 unspecified atom stereocenters. The van der Waals surface area contributed by atoms with Crippen molar-refractivity contribution < 1.29 is 4.79 Å². The van der Waals surface area contributed by atoms with Gasteiger partial charge in [0.2, 0.25) is 5.91 Å². The number of amides is 1. The molecule has 0 spiro atoms. The zero-order chi connectivity index (χ0) is 12.2. The van der Waals surface area contributed by atoms with Gasteiger partial charge in [-0.15, -0.1) is 0 Å². The van der Waals surface area contributed by atoms with Gasteiger partial charge in [0.25, 0.3) is 0 Å². The molecule has 4 nitrogen and oxygen atoms in total. The molecule has 16 heavy (non-hydrogen) atoms. The van der Waals surface area contributed by atoms with E-state index < -0.39 is 5.54 Å². The molecule has 0 saturated carbocycles. The molecule has 4 heteroatoms. The second kappa shape index (κ2) is 5.07. The van der Waals surface area contributed by atoms with Gasteiger partial charge >= 0.3 is 0 Å². The molecule has 1 amide bonds. The Bertz CT molecular complexity index is 349. The summed E-state index contributed by atoms with van der Waals surface area (Å²) in [5, 5.41) is 5.93. The van der Waals surface area contributed by atoms with Crippen molar-refractivity contribution in [1.29, 1.82) is 0 Å². The summed E-state index contributed by atoms with van der Waals surface area (Å²) in [6.07, 6.45) is 3.45. The van der Waals surface area contributed by atoms with Crippen molar-refractivity contribution in [2.75, 3.05) is 7.05 Å². The number of hydrogen-bond donors (Lipinski definition) is 2. The number of rotatable bonds is 4. The first-order chi connectivity index (χ1) is 7.47. The number of carbonyl (C=O) groups is 1. The van der Waals surface area contributed by atoms with Crippen LogP contribution in [0.2, 0.25) is 0 Å². The van der Waals surface area contributed by atoms with Crippen molar-refractivity contribution >= 4 is 5.91 Å². The van der Waals surface area contributed by atoms with Crippen LogP contribution < -0.4 is 10.6 Å². The lowest BCUT2D eigenvalue weighted by Gasteiger charge is -2.25. The van der Waals surface area contributed by atoms with Crippen molar-refractivity contribution in [3.8, 4) is 0 Å². The summed E-state index contributed by atoms with van der Waals surface area (Å²) >= 11 is 0. The first-order valence-electron chi connectivity index (χ1n) is 5.37. The van der Waals surface area contributed by atoms with E-state index in [4.69, 9.17) is 0 Å². The van der Waals surface area contributed by atoms with Crippen LogP contribution in [0.3, 0.4) is 0 Å². The van der Waals surface area contributed by atoms with Crippen LogP contribution in [0.4, 0.5) is 0 Å². The summed E-state index contributed by atoms with van der Waals surface area (Å²) in [5.41, 5.74) is 0.497. The standard InChI is InChI=1S/C12H19N3O/c1-9(10-5-7-14-8-6-10)15-11(16)12(2,3)13-4/h5-9,13H,1-4H3,(H,15,16)/t9-/m0/s1. The first kappa shape index (κ1) is 12.6. The minimum absolute atomic E-state index is 0.0110. The highest BCUT2D eigenvalue weighted by molar-refractivity contribution is 5.85. The SMILES string of the molecule is CNC(C)(C)C(=O)N[C@@H](C)c1ccncc1. The van der Waals surface area contributed by atoms with Gasteiger partial charge in [0.15, 0.2) is 0 Å². The molecule has 1 rings (SSSR count). The van der Waals surface area contributed by atoms with Crippen molar-refractivity contribution in [3.63, 3.8) is 0 Å². The maximum atomic E-state index is 11.9. The van der Waals surface area contributed by atoms with Gasteiger partial charge in [-0.3, -0.25) is 9.78 Å². The van der Waals surface area contributed by atoms with Gasteiger partial charge in [-0.2, -0.15) is 0 Å². The van der Waals surface area contributed by atoms with E-state index in [1.807, 2.05) is 32.9 Å². The predicted octanol–water partition coefficient (Wildman–Crippen LogP) is 1.26. The maximum absolute atomic E-state index is 11.9. The molecule has 1 atom stereocenters. The van der Waals surface area contributed by atoms with Crippen molar-refractivity contribution in [2.45, 2.75) is 32.4 Å². The Morgan fingerprint density at radius 3 is 2.44 bits per heavy atom. The van der Waals surface area contributed by atoms with E-state index >= 15 is 0 Å². The van der Waals surface area contributed by atoms with Crippen LogP contribution in [0.5, 0.6) is 0 Å². The number of nitrogens with one attached hydrogen (secondary N) is 2. The van der Waals surface area contributed by atoms with Crippen molar-refractivity contribution in [1.82, 2.24) is 15.6 Å². The molecule has 0 aliphatic carbocycles. The van der Waals surface area contributed by atoms with Gasteiger partial charge < -0.3 is 10.6 Å². The van der Waals surface area contributed by atoms with Crippen LogP contribution in [0.15, 0.2) is 24.5 Å². The molecule has 2 N–H and O–H groups in total. The molecule has 0 saturated heterocycles. The van der Waals surface area contributed by atoms with Gasteiger partial charge in [0.05, 0.1) is 11.6 Å². The number of pyridine rings is 1. The molecule has 0 aliphatic heterocycles. The monoisotopic (exact) mass is 221 g/mol. The average molecular weight is 221 g/mol. The van der Waals surface area contributed by atoms with Crippen LogP contribution in [0.1, 0.15) is 32.4 Å². The van der Waals surface area contributed by atoms with Crippen molar-refractivity contribution in [2.24, 2.45) is 0 Å². The topological polar surface area (TPSA) is 54.0 Å². The fraction of sp³-hybridized carbons (Fsp3) is 0.500. The maximum Gasteiger partial charge on any atom is 0.240 e. The molecular formula is C12H19N3O. The highest BCUT2D eigenvalue weighted by atomic mass is 16.2. The minimum Gasteiger partial charge on any atom is -0.348 e. The van der Waals surface area contributed by atoms with Gasteiger partial charge in [-0.25, -0.2) is 0 Å². The van der Waals surface area contributed by atoms with Crippen LogP contribution in [0, 0.1) is 0 Å². The van der Waals surface area contributed by atoms with Gasteiger partial charge in [0, 0.05) is 12.4 Å². The Balaban J connectivity index is 2.66. The first-order valence-corrected chi connectivity index (χ1v) is 5.37. The fourth-order valence-electron chi connectivity index (χ4n) is 1.23. The van der Waals surface area contributed by atoms with E-state index in [0.29, 0.717) is 0 Å². The van der Waals surface area contributed by atoms with Gasteiger partial charge in [-0.1, -0.05) is 0 Å². The molecule has 0 aromatic carbocycles. The second-order valence-corrected chi connectivity index (χ2v) is 4.35. The lowest BCUT2D eigenvalue weighted by atomic mass is 10.0. The third-order valence-corrected chi connectivity index (χ3v) is 2.75. The van der Waals surface area contributed by atoms with Crippen LogP contribution in [0.25, 0.3) is 0 Å². The Hall–Kier alpha value is -1.42. The summed E-state index contributed by atoms with van der Waals surface area (Å²) in [6.45, 7) is 5.65. The van der Waals surface area contributed by atoms with Gasteiger partial charge in [0.1, 0.15) is 0 Å². The summed E-state index contributed by atoms with van der Waals surface area (Å²) in [6, 6.07) is 3.79. The van der Waals surface area contributed by atoms with E-state index in [2.05, 4.69) is 15.6 Å². The molecular weight excluding hydrogens is 202 g/mol. The van der Waals surface area contributed by atoms with E-state index in [1.165, 1.54) is 0 Å². The van der Waals surface area contributed by atoms with E-state index in [0.717, 1.165) is 5.56 Å². The summed E-state index contributed by atoms with van der Waals surface area (Å²) in [5.74, 6) is -0.0145. The fourth-order valence-corrected chi connectivity index (χ4v) is 1.23. The Morgan fingerprint density at radius 2 is 1.94 bits per heavy atom. The molecule has 0 aliphatic rings. The molecule has 1 aromatic rings.